The summed E-state index contributed by atoms with van der Waals surface area (Å²) in [6.45, 7) is 3.23. The van der Waals surface area contributed by atoms with Crippen molar-refractivity contribution in [1.82, 2.24) is 24.3 Å². The molecule has 0 bridgehead atoms. The molecule has 10 heteroatoms. The summed E-state index contributed by atoms with van der Waals surface area (Å²) in [5.74, 6) is 0.853. The highest BCUT2D eigenvalue weighted by molar-refractivity contribution is 7.89. The van der Waals surface area contributed by atoms with Gasteiger partial charge in [0.2, 0.25) is 10.0 Å². The molecule has 0 saturated carbocycles. The standard InChI is InChI=1S/C18H19FN6O2S/c1-14-13-15(19)3-4-16(14)28(26,27)24-11-9-23(10-12-24)17-5-6-18(22-21-17)25-8-2-7-20-25/h2-8,13H,9-12H2,1H3. The fraction of sp³-hybridized carbons (Fsp3) is 0.278. The Labute approximate surface area is 162 Å². The van der Waals surface area contributed by atoms with Crippen LogP contribution in [0.2, 0.25) is 0 Å². The molecule has 1 fully saturated rings. The van der Waals surface area contributed by atoms with Crippen molar-refractivity contribution in [2.45, 2.75) is 11.8 Å². The molecule has 146 valence electrons. The van der Waals surface area contributed by atoms with E-state index < -0.39 is 15.8 Å². The van der Waals surface area contributed by atoms with Crippen molar-refractivity contribution >= 4 is 15.8 Å². The number of rotatable bonds is 4. The van der Waals surface area contributed by atoms with Crippen LogP contribution in [-0.4, -0.2) is 58.9 Å². The number of piperazine rings is 1. The van der Waals surface area contributed by atoms with Gasteiger partial charge < -0.3 is 4.90 Å². The summed E-state index contributed by atoms with van der Waals surface area (Å²) in [5.41, 5.74) is 0.405. The van der Waals surface area contributed by atoms with E-state index in [-0.39, 0.29) is 4.90 Å². The van der Waals surface area contributed by atoms with E-state index in [1.54, 1.807) is 30.1 Å². The highest BCUT2D eigenvalue weighted by Gasteiger charge is 2.30. The van der Waals surface area contributed by atoms with E-state index in [2.05, 4.69) is 15.3 Å². The topological polar surface area (TPSA) is 84.2 Å². The third-order valence-corrected chi connectivity index (χ3v) is 6.75. The largest absolute Gasteiger partial charge is 0.352 e. The Bertz CT molecular complexity index is 1060. The van der Waals surface area contributed by atoms with Crippen molar-refractivity contribution in [3.8, 4) is 5.82 Å². The van der Waals surface area contributed by atoms with Gasteiger partial charge in [0, 0.05) is 38.6 Å². The van der Waals surface area contributed by atoms with Crippen LogP contribution in [0.1, 0.15) is 5.56 Å². The van der Waals surface area contributed by atoms with Crippen LogP contribution < -0.4 is 4.90 Å². The fourth-order valence-electron chi connectivity index (χ4n) is 3.21. The Morgan fingerprint density at radius 2 is 1.71 bits per heavy atom. The molecule has 1 saturated heterocycles. The molecule has 8 nitrogen and oxygen atoms in total. The lowest BCUT2D eigenvalue weighted by molar-refractivity contribution is 0.383. The summed E-state index contributed by atoms with van der Waals surface area (Å²) in [6, 6.07) is 9.20. The van der Waals surface area contributed by atoms with E-state index in [9.17, 15) is 12.8 Å². The van der Waals surface area contributed by atoms with E-state index in [4.69, 9.17) is 0 Å². The lowest BCUT2D eigenvalue weighted by atomic mass is 10.2. The molecular weight excluding hydrogens is 383 g/mol. The van der Waals surface area contributed by atoms with Gasteiger partial charge in [-0.15, -0.1) is 10.2 Å². The number of aromatic nitrogens is 4. The predicted molar refractivity (Wildman–Crippen MR) is 101 cm³/mol. The molecule has 28 heavy (non-hydrogen) atoms. The second-order valence-corrected chi connectivity index (χ2v) is 8.41. The number of aryl methyl sites for hydroxylation is 1. The number of hydrogen-bond acceptors (Lipinski definition) is 6. The molecule has 1 aliphatic rings. The van der Waals surface area contributed by atoms with Gasteiger partial charge in [-0.1, -0.05) is 0 Å². The molecule has 1 aromatic carbocycles. The average Bonchev–Trinajstić information content (AvgIpc) is 3.23. The quantitative estimate of drug-likeness (QED) is 0.659. The van der Waals surface area contributed by atoms with Gasteiger partial charge in [0.25, 0.3) is 0 Å². The molecule has 0 unspecified atom stereocenters. The molecule has 3 aromatic rings. The van der Waals surface area contributed by atoms with Crippen molar-refractivity contribution < 1.29 is 12.8 Å². The number of benzene rings is 1. The van der Waals surface area contributed by atoms with Crippen LogP contribution in [0.25, 0.3) is 5.82 Å². The number of hydrogen-bond donors (Lipinski definition) is 0. The first-order valence-corrected chi connectivity index (χ1v) is 10.2. The van der Waals surface area contributed by atoms with Crippen LogP contribution in [0.4, 0.5) is 10.2 Å². The monoisotopic (exact) mass is 402 g/mol. The van der Waals surface area contributed by atoms with Gasteiger partial charge in [-0.3, -0.25) is 0 Å². The second-order valence-electron chi connectivity index (χ2n) is 6.50. The van der Waals surface area contributed by atoms with Gasteiger partial charge in [-0.25, -0.2) is 17.5 Å². The molecular formula is C18H19FN6O2S. The average molecular weight is 402 g/mol. The maximum absolute atomic E-state index is 13.3. The minimum absolute atomic E-state index is 0.144. The van der Waals surface area contributed by atoms with Gasteiger partial charge >= 0.3 is 0 Å². The summed E-state index contributed by atoms with van der Waals surface area (Å²) in [6.07, 6.45) is 3.45. The first kappa shape index (κ1) is 18.5. The van der Waals surface area contributed by atoms with Crippen molar-refractivity contribution in [2.75, 3.05) is 31.1 Å². The van der Waals surface area contributed by atoms with Gasteiger partial charge in [0.1, 0.15) is 5.82 Å². The third-order valence-electron chi connectivity index (χ3n) is 4.69. The number of anilines is 1. The SMILES string of the molecule is Cc1cc(F)ccc1S(=O)(=O)N1CCN(c2ccc(-n3cccn3)nn2)CC1. The van der Waals surface area contributed by atoms with Crippen molar-refractivity contribution in [2.24, 2.45) is 0 Å². The zero-order valence-corrected chi connectivity index (χ0v) is 16.0. The Morgan fingerprint density at radius 3 is 2.32 bits per heavy atom. The van der Waals surface area contributed by atoms with Crippen molar-refractivity contribution in [3.63, 3.8) is 0 Å². The first-order chi connectivity index (χ1) is 13.4. The second kappa shape index (κ2) is 7.28. The lowest BCUT2D eigenvalue weighted by Crippen LogP contribution is -2.49. The Kier molecular flexibility index (Phi) is 4.82. The van der Waals surface area contributed by atoms with Gasteiger partial charge in [-0.05, 0) is 48.9 Å². The summed E-state index contributed by atoms with van der Waals surface area (Å²) >= 11 is 0. The minimum atomic E-state index is -3.66. The molecule has 0 radical (unpaired) electrons. The number of sulfonamides is 1. The lowest BCUT2D eigenvalue weighted by Gasteiger charge is -2.34. The van der Waals surface area contributed by atoms with E-state index in [0.717, 1.165) is 0 Å². The Hall–Kier alpha value is -2.85. The summed E-state index contributed by atoms with van der Waals surface area (Å²) in [7, 11) is -3.66. The maximum atomic E-state index is 13.3. The van der Waals surface area contributed by atoms with Gasteiger partial charge in [-0.2, -0.15) is 9.40 Å². The number of halogens is 1. The van der Waals surface area contributed by atoms with Crippen LogP contribution in [0.15, 0.2) is 53.7 Å². The van der Waals surface area contributed by atoms with E-state index >= 15 is 0 Å². The molecule has 1 aliphatic heterocycles. The molecule has 0 atom stereocenters. The Morgan fingerprint density at radius 1 is 1.00 bits per heavy atom. The van der Waals surface area contributed by atoms with Crippen LogP contribution in [-0.2, 0) is 10.0 Å². The highest BCUT2D eigenvalue weighted by Crippen LogP contribution is 2.23. The summed E-state index contributed by atoms with van der Waals surface area (Å²) in [5, 5.41) is 12.5. The normalized spacial score (nSPS) is 15.7. The first-order valence-electron chi connectivity index (χ1n) is 8.80. The van der Waals surface area contributed by atoms with Gasteiger partial charge in [0.15, 0.2) is 11.6 Å². The molecule has 0 N–H and O–H groups in total. The molecule has 0 amide bonds. The zero-order chi connectivity index (χ0) is 19.7. The molecule has 2 aromatic heterocycles. The van der Waals surface area contributed by atoms with Crippen molar-refractivity contribution in [3.05, 3.63) is 60.2 Å². The van der Waals surface area contributed by atoms with Crippen LogP contribution in [0.5, 0.6) is 0 Å². The zero-order valence-electron chi connectivity index (χ0n) is 15.2. The summed E-state index contributed by atoms with van der Waals surface area (Å²) in [4.78, 5) is 2.13. The smallest absolute Gasteiger partial charge is 0.243 e. The molecule has 3 heterocycles. The van der Waals surface area contributed by atoms with Gasteiger partial charge in [0.05, 0.1) is 4.90 Å². The molecule has 4 rings (SSSR count). The summed E-state index contributed by atoms with van der Waals surface area (Å²) < 4.78 is 42.1. The highest BCUT2D eigenvalue weighted by atomic mass is 32.2. The third kappa shape index (κ3) is 3.48. The fourth-order valence-corrected chi connectivity index (χ4v) is 4.84. The molecule has 0 spiro atoms. The minimum Gasteiger partial charge on any atom is -0.352 e. The number of nitrogens with zero attached hydrogens (tertiary/aromatic N) is 6. The van der Waals surface area contributed by atoms with Crippen LogP contribution in [0.3, 0.4) is 0 Å². The van der Waals surface area contributed by atoms with E-state index in [0.29, 0.717) is 43.4 Å². The Balaban J connectivity index is 1.45. The van der Waals surface area contributed by atoms with E-state index in [1.807, 2.05) is 17.0 Å². The van der Waals surface area contributed by atoms with Crippen LogP contribution >= 0.6 is 0 Å². The molecule has 0 aliphatic carbocycles. The van der Waals surface area contributed by atoms with Crippen molar-refractivity contribution in [1.29, 1.82) is 0 Å². The predicted octanol–water partition coefficient (Wildman–Crippen LogP) is 1.62. The maximum Gasteiger partial charge on any atom is 0.243 e. The van der Waals surface area contributed by atoms with Crippen LogP contribution in [0, 0.1) is 12.7 Å². The van der Waals surface area contributed by atoms with E-state index in [1.165, 1.54) is 22.5 Å².